The first-order valence-electron chi connectivity index (χ1n) is 10.5. The highest BCUT2D eigenvalue weighted by Crippen LogP contribution is 2.25. The molecule has 1 amide bonds. The molecule has 2 heterocycles. The summed E-state index contributed by atoms with van der Waals surface area (Å²) in [5.74, 6) is 1.54. The molecular formula is C24H25N3O4S. The number of carbonyl (C=O) groups excluding carboxylic acids is 1. The van der Waals surface area contributed by atoms with Crippen molar-refractivity contribution in [3.63, 3.8) is 0 Å². The first-order valence-corrected chi connectivity index (χ1v) is 12.0. The normalized spacial score (nSPS) is 15.3. The van der Waals surface area contributed by atoms with E-state index in [-0.39, 0.29) is 10.8 Å². The third-order valence-electron chi connectivity index (χ3n) is 5.49. The molecule has 166 valence electrons. The molecule has 1 aliphatic heterocycles. The van der Waals surface area contributed by atoms with Gasteiger partial charge in [0.2, 0.25) is 10.0 Å². The number of hydrogen-bond acceptors (Lipinski definition) is 5. The molecule has 0 spiro atoms. The minimum absolute atomic E-state index is 0.209. The quantitative estimate of drug-likeness (QED) is 0.594. The number of carbonyl (C=O) groups is 1. The molecule has 0 saturated carbocycles. The molecule has 1 saturated heterocycles. The zero-order chi connectivity index (χ0) is 22.6. The molecule has 4 rings (SSSR count). The lowest BCUT2D eigenvalue weighted by Crippen LogP contribution is -2.37. The van der Waals surface area contributed by atoms with Crippen LogP contribution in [0.2, 0.25) is 0 Å². The van der Waals surface area contributed by atoms with Gasteiger partial charge >= 0.3 is 0 Å². The van der Waals surface area contributed by atoms with Gasteiger partial charge in [-0.3, -0.25) is 9.78 Å². The molecule has 7 nitrogen and oxygen atoms in total. The molecule has 1 fully saturated rings. The van der Waals surface area contributed by atoms with Crippen molar-refractivity contribution in [2.45, 2.75) is 24.7 Å². The van der Waals surface area contributed by atoms with Crippen LogP contribution in [0.1, 0.15) is 30.1 Å². The molecule has 0 aliphatic carbocycles. The zero-order valence-corrected chi connectivity index (χ0v) is 18.6. The Balaban J connectivity index is 1.38. The minimum atomic E-state index is -3.53. The molecule has 1 N–H and O–H groups in total. The lowest BCUT2D eigenvalue weighted by Gasteiger charge is -2.29. The summed E-state index contributed by atoms with van der Waals surface area (Å²) in [5.41, 5.74) is 0.990. The number of aromatic nitrogens is 1. The Morgan fingerprint density at radius 2 is 1.53 bits per heavy atom. The van der Waals surface area contributed by atoms with Crippen molar-refractivity contribution >= 4 is 21.6 Å². The second kappa shape index (κ2) is 9.50. The van der Waals surface area contributed by atoms with Gasteiger partial charge in [0.15, 0.2) is 0 Å². The predicted molar refractivity (Wildman–Crippen MR) is 122 cm³/mol. The molecule has 0 atom stereocenters. The summed E-state index contributed by atoms with van der Waals surface area (Å²) in [7, 11) is -3.53. The number of sulfonamides is 1. The number of rotatable bonds is 6. The van der Waals surface area contributed by atoms with E-state index < -0.39 is 10.0 Å². The fourth-order valence-corrected chi connectivity index (χ4v) is 4.97. The second-order valence-electron chi connectivity index (χ2n) is 7.87. The molecule has 1 aromatic heterocycles. The van der Waals surface area contributed by atoms with Crippen molar-refractivity contribution in [3.8, 4) is 11.5 Å². The average Bonchev–Trinajstić information content (AvgIpc) is 2.81. The second-order valence-corrected chi connectivity index (χ2v) is 9.81. The third kappa shape index (κ3) is 5.15. The van der Waals surface area contributed by atoms with E-state index in [9.17, 15) is 13.2 Å². The van der Waals surface area contributed by atoms with E-state index in [1.54, 1.807) is 48.8 Å². The van der Waals surface area contributed by atoms with Crippen LogP contribution in [0.15, 0.2) is 78.0 Å². The first kappa shape index (κ1) is 22.0. The van der Waals surface area contributed by atoms with Gasteiger partial charge in [0.25, 0.3) is 5.91 Å². The van der Waals surface area contributed by atoms with Gasteiger partial charge < -0.3 is 10.1 Å². The van der Waals surface area contributed by atoms with Crippen LogP contribution in [0.4, 0.5) is 5.69 Å². The number of hydrogen-bond donors (Lipinski definition) is 1. The highest BCUT2D eigenvalue weighted by molar-refractivity contribution is 7.89. The van der Waals surface area contributed by atoms with Crippen molar-refractivity contribution < 1.29 is 17.9 Å². The van der Waals surface area contributed by atoms with Crippen LogP contribution in [0.5, 0.6) is 11.5 Å². The molecule has 0 radical (unpaired) electrons. The minimum Gasteiger partial charge on any atom is -0.457 e. The lowest BCUT2D eigenvalue weighted by molar-refractivity contribution is 0.102. The van der Waals surface area contributed by atoms with Gasteiger partial charge in [-0.15, -0.1) is 0 Å². The van der Waals surface area contributed by atoms with Crippen LogP contribution < -0.4 is 10.1 Å². The molecule has 0 bridgehead atoms. The van der Waals surface area contributed by atoms with Gasteiger partial charge in [0.05, 0.1) is 4.90 Å². The maximum atomic E-state index is 12.8. The standard InChI is InChI=1S/C24H25N3O4S/c1-18-12-16-27(17-13-18)32(29,30)23-8-2-19(3-9-23)24(28)26-20-4-6-21(7-5-20)31-22-10-14-25-15-11-22/h2-11,14-15,18H,12-13,16-17H2,1H3,(H,26,28). The van der Waals surface area contributed by atoms with Crippen LogP contribution in [0.25, 0.3) is 0 Å². The van der Waals surface area contributed by atoms with Crippen molar-refractivity contribution in [3.05, 3.63) is 78.6 Å². The summed E-state index contributed by atoms with van der Waals surface area (Å²) in [6.07, 6.45) is 5.03. The Bertz CT molecular complexity index is 1160. The van der Waals surface area contributed by atoms with E-state index >= 15 is 0 Å². The van der Waals surface area contributed by atoms with Crippen molar-refractivity contribution in [1.29, 1.82) is 0 Å². The molecular weight excluding hydrogens is 426 g/mol. The van der Waals surface area contributed by atoms with Gasteiger partial charge in [-0.05, 0) is 79.4 Å². The van der Waals surface area contributed by atoms with Crippen LogP contribution in [0.3, 0.4) is 0 Å². The smallest absolute Gasteiger partial charge is 0.255 e. The SMILES string of the molecule is CC1CCN(S(=O)(=O)c2ccc(C(=O)Nc3ccc(Oc4ccncc4)cc3)cc2)CC1. The third-order valence-corrected chi connectivity index (χ3v) is 7.41. The summed E-state index contributed by atoms with van der Waals surface area (Å²) >= 11 is 0. The molecule has 3 aromatic rings. The van der Waals surface area contributed by atoms with E-state index in [2.05, 4.69) is 17.2 Å². The lowest BCUT2D eigenvalue weighted by atomic mass is 10.0. The Morgan fingerprint density at radius 3 is 2.16 bits per heavy atom. The molecule has 8 heteroatoms. The number of ether oxygens (including phenoxy) is 1. The summed E-state index contributed by atoms with van der Waals surface area (Å²) in [6.45, 7) is 3.21. The predicted octanol–water partition coefficient (Wildman–Crippen LogP) is 4.55. The molecule has 1 aliphatic rings. The van der Waals surface area contributed by atoms with E-state index in [0.717, 1.165) is 12.8 Å². The zero-order valence-electron chi connectivity index (χ0n) is 17.8. The first-order chi connectivity index (χ1) is 15.4. The Labute approximate surface area is 188 Å². The van der Waals surface area contributed by atoms with Crippen LogP contribution in [0, 0.1) is 5.92 Å². The van der Waals surface area contributed by atoms with E-state index in [0.29, 0.717) is 41.8 Å². The summed E-state index contributed by atoms with van der Waals surface area (Å²) in [6, 6.07) is 16.6. The fraction of sp³-hybridized carbons (Fsp3) is 0.250. The maximum Gasteiger partial charge on any atom is 0.255 e. The van der Waals surface area contributed by atoms with Gasteiger partial charge in [0, 0.05) is 36.7 Å². The summed E-state index contributed by atoms with van der Waals surface area (Å²) in [5, 5.41) is 2.81. The van der Waals surface area contributed by atoms with E-state index in [4.69, 9.17) is 4.74 Å². The molecule has 0 unspecified atom stereocenters. The van der Waals surface area contributed by atoms with Crippen molar-refractivity contribution in [1.82, 2.24) is 9.29 Å². The van der Waals surface area contributed by atoms with Crippen LogP contribution in [-0.2, 0) is 10.0 Å². The van der Waals surface area contributed by atoms with Gasteiger partial charge in [0.1, 0.15) is 11.5 Å². The average molecular weight is 452 g/mol. The molecule has 32 heavy (non-hydrogen) atoms. The number of benzene rings is 2. The monoisotopic (exact) mass is 451 g/mol. The van der Waals surface area contributed by atoms with Crippen LogP contribution >= 0.6 is 0 Å². The number of anilines is 1. The number of nitrogens with one attached hydrogen (secondary N) is 1. The summed E-state index contributed by atoms with van der Waals surface area (Å²) < 4.78 is 32.9. The number of amides is 1. The Kier molecular flexibility index (Phi) is 6.53. The molecule has 2 aromatic carbocycles. The van der Waals surface area contributed by atoms with Gasteiger partial charge in [-0.1, -0.05) is 6.92 Å². The van der Waals surface area contributed by atoms with Crippen molar-refractivity contribution in [2.24, 2.45) is 5.92 Å². The number of nitrogens with zero attached hydrogens (tertiary/aromatic N) is 2. The van der Waals surface area contributed by atoms with E-state index in [1.807, 2.05) is 0 Å². The topological polar surface area (TPSA) is 88.6 Å². The number of pyridine rings is 1. The Morgan fingerprint density at radius 1 is 0.938 bits per heavy atom. The maximum absolute atomic E-state index is 12.8. The largest absolute Gasteiger partial charge is 0.457 e. The Hall–Kier alpha value is -3.23. The highest BCUT2D eigenvalue weighted by atomic mass is 32.2. The fourth-order valence-electron chi connectivity index (χ4n) is 3.50. The highest BCUT2D eigenvalue weighted by Gasteiger charge is 2.28. The van der Waals surface area contributed by atoms with Crippen molar-refractivity contribution in [2.75, 3.05) is 18.4 Å². The van der Waals surface area contributed by atoms with Gasteiger partial charge in [-0.2, -0.15) is 4.31 Å². The van der Waals surface area contributed by atoms with Crippen LogP contribution in [-0.4, -0.2) is 36.7 Å². The number of piperidine rings is 1. The van der Waals surface area contributed by atoms with Gasteiger partial charge in [-0.25, -0.2) is 8.42 Å². The summed E-state index contributed by atoms with van der Waals surface area (Å²) in [4.78, 5) is 16.7. The van der Waals surface area contributed by atoms with E-state index in [1.165, 1.54) is 28.6 Å².